The summed E-state index contributed by atoms with van der Waals surface area (Å²) >= 11 is 0. The zero-order chi connectivity index (χ0) is 38.4. The van der Waals surface area contributed by atoms with E-state index in [9.17, 15) is 27.6 Å². The molecule has 1 N–H and O–H groups in total. The van der Waals surface area contributed by atoms with E-state index in [0.29, 0.717) is 52.2 Å². The molecule has 0 aliphatic carbocycles. The Kier molecular flexibility index (Phi) is 9.75. The highest BCUT2D eigenvalue weighted by atomic mass is 19.3. The van der Waals surface area contributed by atoms with E-state index >= 15 is 0 Å². The van der Waals surface area contributed by atoms with E-state index in [2.05, 4.69) is 16.4 Å². The van der Waals surface area contributed by atoms with E-state index in [4.69, 9.17) is 23.3 Å². The number of carbonyl (C=O) groups excluding carboxylic acids is 1. The van der Waals surface area contributed by atoms with Crippen LogP contribution in [0.25, 0.3) is 56.2 Å². The van der Waals surface area contributed by atoms with Gasteiger partial charge in [-0.1, -0.05) is 24.3 Å². The topological polar surface area (TPSA) is 127 Å². The van der Waals surface area contributed by atoms with Crippen LogP contribution in [0, 0.1) is 25.2 Å². The minimum Gasteiger partial charge on any atom is -0.460 e. The molecule has 2 aromatic heterocycles. The zero-order valence-electron chi connectivity index (χ0n) is 29.9. The van der Waals surface area contributed by atoms with Crippen molar-refractivity contribution in [2.75, 3.05) is 19.6 Å². The summed E-state index contributed by atoms with van der Waals surface area (Å²) in [5.41, 5.74) is 7.38. The van der Waals surface area contributed by atoms with Gasteiger partial charge < -0.3 is 23.6 Å². The van der Waals surface area contributed by atoms with Crippen molar-refractivity contribution < 1.29 is 40.7 Å². The summed E-state index contributed by atoms with van der Waals surface area (Å²) in [6, 6.07) is 19.4. The highest BCUT2D eigenvalue weighted by molar-refractivity contribution is 5.86. The lowest BCUT2D eigenvalue weighted by atomic mass is 9.91. The minimum absolute atomic E-state index is 0.0144. The third kappa shape index (κ3) is 7.13. The molecule has 0 amide bonds. The van der Waals surface area contributed by atoms with E-state index < -0.39 is 31.0 Å². The number of oxazole rings is 2. The zero-order valence-corrected chi connectivity index (χ0v) is 29.9. The van der Waals surface area contributed by atoms with E-state index in [0.717, 1.165) is 28.7 Å². The molecular formula is C41H35F4N5O5. The van der Waals surface area contributed by atoms with Crippen LogP contribution in [-0.4, -0.2) is 65.5 Å². The third-order valence-corrected chi connectivity index (χ3v) is 10.3. The molecule has 4 aromatic carbocycles. The smallest absolute Gasteiger partial charge is 0.387 e. The molecule has 0 bridgehead atoms. The number of benzene rings is 4. The van der Waals surface area contributed by atoms with Crippen molar-refractivity contribution in [2.24, 2.45) is 0 Å². The fourth-order valence-electron chi connectivity index (χ4n) is 7.45. The maximum atomic E-state index is 13.8. The first-order valence-corrected chi connectivity index (χ1v) is 17.9. The number of fused-ring (bicyclic) bond motifs is 2. The second-order valence-corrected chi connectivity index (χ2v) is 13.9. The molecule has 55 heavy (non-hydrogen) atoms. The van der Waals surface area contributed by atoms with E-state index in [1.165, 1.54) is 12.1 Å². The van der Waals surface area contributed by atoms with Crippen LogP contribution in [0.5, 0.6) is 5.75 Å². The van der Waals surface area contributed by atoms with Crippen molar-refractivity contribution in [3.8, 4) is 45.9 Å². The highest BCUT2D eigenvalue weighted by Gasteiger charge is 2.33. The molecule has 14 heteroatoms. The average molecular weight is 754 g/mol. The van der Waals surface area contributed by atoms with Gasteiger partial charge in [-0.15, -0.1) is 0 Å². The van der Waals surface area contributed by atoms with Gasteiger partial charge in [-0.05, 0) is 91.4 Å². The molecule has 4 heterocycles. The second-order valence-electron chi connectivity index (χ2n) is 13.9. The van der Waals surface area contributed by atoms with Crippen molar-refractivity contribution in [3.63, 3.8) is 0 Å². The van der Waals surface area contributed by atoms with Crippen LogP contribution in [0.3, 0.4) is 0 Å². The fourth-order valence-corrected chi connectivity index (χ4v) is 7.45. The number of aromatic nitrogens is 2. The molecule has 3 atom stereocenters. The monoisotopic (exact) mass is 753 g/mol. The van der Waals surface area contributed by atoms with Crippen LogP contribution in [0.4, 0.5) is 17.6 Å². The Morgan fingerprint density at radius 2 is 1.60 bits per heavy atom. The Bertz CT molecular complexity index is 2460. The number of alkyl halides is 4. The molecule has 0 saturated carbocycles. The van der Waals surface area contributed by atoms with Crippen molar-refractivity contribution in [2.45, 2.75) is 64.8 Å². The van der Waals surface area contributed by atoms with Crippen LogP contribution >= 0.6 is 0 Å². The number of nitriles is 1. The van der Waals surface area contributed by atoms with Gasteiger partial charge in [0.1, 0.15) is 47.8 Å². The lowest BCUT2D eigenvalue weighted by Crippen LogP contribution is -2.32. The molecule has 2 saturated heterocycles. The summed E-state index contributed by atoms with van der Waals surface area (Å²) in [5.74, 6) is -0.0704. The van der Waals surface area contributed by atoms with Gasteiger partial charge in [-0.2, -0.15) is 14.0 Å². The summed E-state index contributed by atoms with van der Waals surface area (Å²) in [6.45, 7) is 1.43. The normalized spacial score (nSPS) is 18.8. The number of rotatable bonds is 10. The first kappa shape index (κ1) is 36.2. The predicted molar refractivity (Wildman–Crippen MR) is 195 cm³/mol. The van der Waals surface area contributed by atoms with Crippen LogP contribution < -0.4 is 10.1 Å². The molecule has 282 valence electrons. The number of halogens is 4. The van der Waals surface area contributed by atoms with Crippen molar-refractivity contribution >= 4 is 28.2 Å². The number of esters is 1. The fraction of sp³-hybridized carbons (Fsp3) is 0.317. The molecule has 2 fully saturated rings. The average Bonchev–Trinajstić information content (AvgIpc) is 3.98. The maximum Gasteiger partial charge on any atom is 0.387 e. The molecule has 0 radical (unpaired) electrons. The Morgan fingerprint density at radius 1 is 0.945 bits per heavy atom. The SMILES string of the molecule is Cc1c(-c2nc3cc(COC(=O)[C@@H]4CCCN4)c(OC(F)F)cc3o2)cccc1-c1cccc(-c2nc3cc(CN4CC(F)C(F)C4)cc(C#N)c3o2)c1C. The lowest BCUT2D eigenvalue weighted by Gasteiger charge is -2.14. The summed E-state index contributed by atoms with van der Waals surface area (Å²) in [6.07, 6.45) is -1.58. The van der Waals surface area contributed by atoms with Crippen molar-refractivity contribution in [1.29, 1.82) is 5.26 Å². The summed E-state index contributed by atoms with van der Waals surface area (Å²) < 4.78 is 77.0. The van der Waals surface area contributed by atoms with Gasteiger partial charge in [0.05, 0.1) is 5.56 Å². The quantitative estimate of drug-likeness (QED) is 0.108. The second kappa shape index (κ2) is 14.8. The van der Waals surface area contributed by atoms with Gasteiger partial charge in [0.15, 0.2) is 11.2 Å². The molecule has 2 aliphatic heterocycles. The number of likely N-dealkylation sites (tertiary alicyclic amines) is 1. The molecule has 2 aliphatic rings. The van der Waals surface area contributed by atoms with E-state index in [-0.39, 0.29) is 54.6 Å². The van der Waals surface area contributed by atoms with Crippen molar-refractivity contribution in [1.82, 2.24) is 20.2 Å². The van der Waals surface area contributed by atoms with Crippen LogP contribution in [0.1, 0.15) is 40.7 Å². The van der Waals surface area contributed by atoms with Gasteiger partial charge in [-0.25, -0.2) is 18.7 Å². The Balaban J connectivity index is 1.10. The molecule has 6 aromatic rings. The van der Waals surface area contributed by atoms with E-state index in [1.54, 1.807) is 17.0 Å². The Labute approximate surface area is 312 Å². The first-order valence-electron chi connectivity index (χ1n) is 17.9. The largest absolute Gasteiger partial charge is 0.460 e. The molecule has 10 nitrogen and oxygen atoms in total. The van der Waals surface area contributed by atoms with Crippen LogP contribution in [0.2, 0.25) is 0 Å². The highest BCUT2D eigenvalue weighted by Crippen LogP contribution is 2.39. The van der Waals surface area contributed by atoms with Gasteiger partial charge in [0.2, 0.25) is 11.8 Å². The standard InChI is InChI=1S/C41H35F4N5O5/c1-21-26(6-3-8-28(21)38-48-33-14-25(20-52-40(51)32-10-5-11-47-32)35(54-41(44)45)15-36(33)53-38)27-7-4-9-29(22(27)2)39-49-34-13-23(12-24(16-46)37(34)55-39)17-50-18-30(42)31(43)19-50/h3-4,6-9,12-15,30-32,41,47H,5,10-11,17-20H2,1-2H3/t30?,31?,32-/m0/s1. The van der Waals surface area contributed by atoms with Crippen molar-refractivity contribution in [3.05, 3.63) is 88.5 Å². The van der Waals surface area contributed by atoms with Crippen LogP contribution in [-0.2, 0) is 22.7 Å². The number of ether oxygens (including phenoxy) is 2. The number of carbonyl (C=O) groups is 1. The van der Waals surface area contributed by atoms with Gasteiger partial charge in [0.25, 0.3) is 0 Å². The number of nitrogens with zero attached hydrogens (tertiary/aromatic N) is 4. The number of hydrogen-bond acceptors (Lipinski definition) is 10. The molecule has 2 unspecified atom stereocenters. The van der Waals surface area contributed by atoms with E-state index in [1.807, 2.05) is 50.2 Å². The molecule has 0 spiro atoms. The molecule has 8 rings (SSSR count). The maximum absolute atomic E-state index is 13.8. The van der Waals surface area contributed by atoms with Gasteiger partial charge in [0, 0.05) is 42.4 Å². The summed E-state index contributed by atoms with van der Waals surface area (Å²) in [5, 5.41) is 13.0. The lowest BCUT2D eigenvalue weighted by molar-refractivity contribution is -0.147. The minimum atomic E-state index is -3.11. The van der Waals surface area contributed by atoms with Gasteiger partial charge >= 0.3 is 12.6 Å². The Hall–Kier alpha value is -5.78. The van der Waals surface area contributed by atoms with Gasteiger partial charge in [-0.3, -0.25) is 9.69 Å². The number of nitrogens with one attached hydrogen (secondary N) is 1. The summed E-state index contributed by atoms with van der Waals surface area (Å²) in [4.78, 5) is 23.6. The molecular weight excluding hydrogens is 718 g/mol. The third-order valence-electron chi connectivity index (χ3n) is 10.3. The number of hydrogen-bond donors (Lipinski definition) is 1. The van der Waals surface area contributed by atoms with Crippen LogP contribution in [0.15, 0.2) is 69.5 Å². The predicted octanol–water partition coefficient (Wildman–Crippen LogP) is 8.35. The first-order chi connectivity index (χ1) is 26.6. The Morgan fingerprint density at radius 3 is 2.24 bits per heavy atom. The summed E-state index contributed by atoms with van der Waals surface area (Å²) in [7, 11) is 0.